The molecule has 4 heteroatoms. The lowest BCUT2D eigenvalue weighted by Crippen LogP contribution is -2.28. The van der Waals surface area contributed by atoms with Crippen molar-refractivity contribution >= 4 is 5.95 Å². The second-order valence-electron chi connectivity index (χ2n) is 4.75. The largest absolute Gasteiger partial charge is 0.338 e. The lowest BCUT2D eigenvalue weighted by Gasteiger charge is -2.21. The fourth-order valence-corrected chi connectivity index (χ4v) is 2.28. The summed E-state index contributed by atoms with van der Waals surface area (Å²) in [4.78, 5) is 11.4. The topological polar surface area (TPSA) is 41.1 Å². The molecule has 17 heavy (non-hydrogen) atoms. The van der Waals surface area contributed by atoms with Crippen molar-refractivity contribution in [2.24, 2.45) is 0 Å². The van der Waals surface area contributed by atoms with Crippen molar-refractivity contribution in [2.75, 3.05) is 18.0 Å². The Morgan fingerprint density at radius 2 is 2.35 bits per heavy atom. The highest BCUT2D eigenvalue weighted by molar-refractivity contribution is 5.35. The number of nitrogens with zero attached hydrogens (tertiary/aromatic N) is 3. The smallest absolute Gasteiger partial charge is 0.225 e. The van der Waals surface area contributed by atoms with Crippen LogP contribution in [0.4, 0.5) is 5.95 Å². The number of aromatic nitrogens is 2. The Hall–Kier alpha value is -1.16. The zero-order valence-corrected chi connectivity index (χ0v) is 11.0. The Labute approximate surface area is 103 Å². The molecule has 0 spiro atoms. The summed E-state index contributed by atoms with van der Waals surface area (Å²) in [6, 6.07) is 0.578. The van der Waals surface area contributed by atoms with Gasteiger partial charge in [-0.15, -0.1) is 0 Å². The number of hydrogen-bond donors (Lipinski definition) is 1. The van der Waals surface area contributed by atoms with Gasteiger partial charge in [0, 0.05) is 36.6 Å². The van der Waals surface area contributed by atoms with E-state index in [-0.39, 0.29) is 0 Å². The normalized spacial score (nSPS) is 19.9. The van der Waals surface area contributed by atoms with Crippen molar-refractivity contribution in [2.45, 2.75) is 46.2 Å². The van der Waals surface area contributed by atoms with Gasteiger partial charge in [0.1, 0.15) is 0 Å². The molecule has 1 aromatic rings. The van der Waals surface area contributed by atoms with Crippen LogP contribution in [0, 0.1) is 6.92 Å². The molecule has 2 heterocycles. The van der Waals surface area contributed by atoms with E-state index in [2.05, 4.69) is 41.0 Å². The third-order valence-corrected chi connectivity index (χ3v) is 3.44. The molecule has 1 aliphatic rings. The Kier molecular flexibility index (Phi) is 3.94. The molecular formula is C13H22N4. The minimum atomic E-state index is 0.578. The summed E-state index contributed by atoms with van der Waals surface area (Å²) in [5.74, 6) is 0.896. The molecule has 1 unspecified atom stereocenters. The maximum absolute atomic E-state index is 4.63. The van der Waals surface area contributed by atoms with Crippen LogP contribution in [0.1, 0.15) is 37.9 Å². The van der Waals surface area contributed by atoms with Crippen LogP contribution in [0.2, 0.25) is 0 Å². The zero-order valence-electron chi connectivity index (χ0n) is 11.0. The maximum Gasteiger partial charge on any atom is 0.225 e. The number of nitrogens with one attached hydrogen (secondary N) is 1. The summed E-state index contributed by atoms with van der Waals surface area (Å²) < 4.78 is 0. The Bertz CT molecular complexity index is 378. The number of rotatable bonds is 4. The van der Waals surface area contributed by atoms with Crippen LogP contribution in [0.5, 0.6) is 0 Å². The molecule has 0 saturated carbocycles. The summed E-state index contributed by atoms with van der Waals surface area (Å²) in [7, 11) is 0. The number of hydrogen-bond acceptors (Lipinski definition) is 4. The molecule has 0 radical (unpaired) electrons. The summed E-state index contributed by atoms with van der Waals surface area (Å²) >= 11 is 0. The second kappa shape index (κ2) is 5.45. The highest BCUT2D eigenvalue weighted by Crippen LogP contribution is 2.22. The first-order valence-corrected chi connectivity index (χ1v) is 6.52. The maximum atomic E-state index is 4.63. The summed E-state index contributed by atoms with van der Waals surface area (Å²) in [5, 5.41) is 3.31. The van der Waals surface area contributed by atoms with Crippen LogP contribution < -0.4 is 10.2 Å². The molecule has 1 N–H and O–H groups in total. The van der Waals surface area contributed by atoms with Gasteiger partial charge in [0.05, 0.1) is 0 Å². The minimum absolute atomic E-state index is 0.578. The average Bonchev–Trinajstić information content (AvgIpc) is 2.74. The zero-order chi connectivity index (χ0) is 12.3. The van der Waals surface area contributed by atoms with Gasteiger partial charge in [-0.1, -0.05) is 6.92 Å². The van der Waals surface area contributed by atoms with E-state index < -0.39 is 0 Å². The van der Waals surface area contributed by atoms with E-state index >= 15 is 0 Å². The summed E-state index contributed by atoms with van der Waals surface area (Å²) in [5.41, 5.74) is 2.29. The quantitative estimate of drug-likeness (QED) is 0.863. The molecule has 1 aromatic heterocycles. The highest BCUT2D eigenvalue weighted by atomic mass is 15.3. The van der Waals surface area contributed by atoms with Gasteiger partial charge < -0.3 is 10.2 Å². The molecule has 4 nitrogen and oxygen atoms in total. The Balaban J connectivity index is 2.12. The molecular weight excluding hydrogens is 212 g/mol. The van der Waals surface area contributed by atoms with E-state index in [1.165, 1.54) is 18.4 Å². The van der Waals surface area contributed by atoms with Crippen molar-refractivity contribution < 1.29 is 0 Å². The molecule has 1 atom stereocenters. The molecule has 1 saturated heterocycles. The van der Waals surface area contributed by atoms with Gasteiger partial charge in [-0.2, -0.15) is 0 Å². The van der Waals surface area contributed by atoms with Crippen LogP contribution in [0.15, 0.2) is 6.20 Å². The predicted molar refractivity (Wildman–Crippen MR) is 70.2 cm³/mol. The van der Waals surface area contributed by atoms with Crippen LogP contribution in [-0.2, 0) is 6.54 Å². The number of aryl methyl sites for hydroxylation is 1. The first-order chi connectivity index (χ1) is 8.22. The van der Waals surface area contributed by atoms with Gasteiger partial charge in [-0.05, 0) is 33.2 Å². The number of anilines is 1. The average molecular weight is 234 g/mol. The lowest BCUT2D eigenvalue weighted by molar-refractivity contribution is 0.698. The summed E-state index contributed by atoms with van der Waals surface area (Å²) in [6.07, 6.45) is 4.47. The standard InChI is InChI=1S/C13H22N4/c1-4-14-8-12-9-15-13(16-11(12)3)17-7-5-6-10(17)2/h9-10,14H,4-8H2,1-3H3. The van der Waals surface area contributed by atoms with Gasteiger partial charge >= 0.3 is 0 Å². The van der Waals surface area contributed by atoms with Gasteiger partial charge in [0.25, 0.3) is 0 Å². The Morgan fingerprint density at radius 1 is 1.53 bits per heavy atom. The molecule has 0 aliphatic carbocycles. The molecule has 0 bridgehead atoms. The monoisotopic (exact) mass is 234 g/mol. The van der Waals surface area contributed by atoms with Crippen molar-refractivity contribution in [1.29, 1.82) is 0 Å². The summed E-state index contributed by atoms with van der Waals surface area (Å²) in [6.45, 7) is 9.35. The van der Waals surface area contributed by atoms with Gasteiger partial charge in [-0.3, -0.25) is 0 Å². The predicted octanol–water partition coefficient (Wildman–Crippen LogP) is 1.88. The van der Waals surface area contributed by atoms with E-state index in [1.807, 2.05) is 6.20 Å². The van der Waals surface area contributed by atoms with Crippen LogP contribution in [0.25, 0.3) is 0 Å². The van der Waals surface area contributed by atoms with Crippen molar-refractivity contribution in [3.63, 3.8) is 0 Å². The van der Waals surface area contributed by atoms with Crippen LogP contribution >= 0.6 is 0 Å². The SMILES string of the molecule is CCNCc1cnc(N2CCCC2C)nc1C. The third kappa shape index (κ3) is 2.75. The molecule has 0 amide bonds. The lowest BCUT2D eigenvalue weighted by atomic mass is 10.2. The fourth-order valence-electron chi connectivity index (χ4n) is 2.28. The fraction of sp³-hybridized carbons (Fsp3) is 0.692. The Morgan fingerprint density at radius 3 is 2.94 bits per heavy atom. The molecule has 94 valence electrons. The van der Waals surface area contributed by atoms with E-state index in [1.54, 1.807) is 0 Å². The van der Waals surface area contributed by atoms with Gasteiger partial charge in [0.2, 0.25) is 5.95 Å². The molecule has 2 rings (SSSR count). The first-order valence-electron chi connectivity index (χ1n) is 6.52. The van der Waals surface area contributed by atoms with E-state index in [0.29, 0.717) is 6.04 Å². The van der Waals surface area contributed by atoms with Crippen molar-refractivity contribution in [3.05, 3.63) is 17.5 Å². The minimum Gasteiger partial charge on any atom is -0.338 e. The van der Waals surface area contributed by atoms with Crippen molar-refractivity contribution in [3.8, 4) is 0 Å². The highest BCUT2D eigenvalue weighted by Gasteiger charge is 2.22. The van der Waals surface area contributed by atoms with Crippen LogP contribution in [0.3, 0.4) is 0 Å². The molecule has 1 aliphatic heterocycles. The van der Waals surface area contributed by atoms with E-state index in [4.69, 9.17) is 0 Å². The second-order valence-corrected chi connectivity index (χ2v) is 4.75. The van der Waals surface area contributed by atoms with Gasteiger partial charge in [-0.25, -0.2) is 9.97 Å². The molecule has 1 fully saturated rings. The van der Waals surface area contributed by atoms with Crippen molar-refractivity contribution in [1.82, 2.24) is 15.3 Å². The van der Waals surface area contributed by atoms with E-state index in [9.17, 15) is 0 Å². The van der Waals surface area contributed by atoms with Gasteiger partial charge in [0.15, 0.2) is 0 Å². The van der Waals surface area contributed by atoms with E-state index in [0.717, 1.165) is 31.3 Å². The first kappa shape index (κ1) is 12.3. The van der Waals surface area contributed by atoms with Crippen LogP contribution in [-0.4, -0.2) is 29.1 Å². The third-order valence-electron chi connectivity index (χ3n) is 3.44. The molecule has 0 aromatic carbocycles.